The Kier molecular flexibility index (Phi) is 7.22. The Hall–Kier alpha value is -2.33. The Morgan fingerprint density at radius 1 is 1.08 bits per heavy atom. The predicted octanol–water partition coefficient (Wildman–Crippen LogP) is 4.81. The van der Waals surface area contributed by atoms with Crippen LogP contribution in [0.2, 0.25) is 5.02 Å². The summed E-state index contributed by atoms with van der Waals surface area (Å²) in [4.78, 5) is 23.6. The molecule has 0 radical (unpaired) electrons. The third kappa shape index (κ3) is 5.88. The summed E-state index contributed by atoms with van der Waals surface area (Å²) in [5.74, 6) is -0.0205. The summed E-state index contributed by atoms with van der Waals surface area (Å²) in [6.45, 7) is 5.71. The van der Waals surface area contributed by atoms with Crippen LogP contribution in [-0.4, -0.2) is 11.8 Å². The molecule has 2 amide bonds. The van der Waals surface area contributed by atoms with Crippen LogP contribution in [0.5, 0.6) is 0 Å². The number of rotatable bonds is 7. The molecular formula is C21H25ClN2O2. The van der Waals surface area contributed by atoms with E-state index in [9.17, 15) is 9.59 Å². The lowest BCUT2D eigenvalue weighted by Gasteiger charge is -2.15. The Bertz CT molecular complexity index is 772. The van der Waals surface area contributed by atoms with Crippen LogP contribution in [-0.2, 0) is 16.0 Å². The van der Waals surface area contributed by atoms with E-state index in [1.54, 1.807) is 0 Å². The topological polar surface area (TPSA) is 58.2 Å². The average molecular weight is 373 g/mol. The SMILES string of the molecule is CCC(=O)Nc1ccc(C(C)NC(=O)CCc2ccc(C)c(Cl)c2)cc1. The van der Waals surface area contributed by atoms with Crippen molar-refractivity contribution in [2.45, 2.75) is 46.1 Å². The average Bonchev–Trinajstić information content (AvgIpc) is 2.63. The standard InChI is InChI=1S/C21H25ClN2O2/c1-4-20(25)24-18-10-8-17(9-11-18)15(3)23-21(26)12-7-16-6-5-14(2)19(22)13-16/h5-6,8-11,13,15H,4,7,12H2,1-3H3,(H,23,26)(H,24,25). The molecule has 0 heterocycles. The quantitative estimate of drug-likeness (QED) is 0.732. The summed E-state index contributed by atoms with van der Waals surface area (Å²) >= 11 is 6.12. The fourth-order valence-corrected chi connectivity index (χ4v) is 2.75. The van der Waals surface area contributed by atoms with Crippen molar-refractivity contribution in [1.82, 2.24) is 5.32 Å². The Morgan fingerprint density at radius 3 is 2.38 bits per heavy atom. The van der Waals surface area contributed by atoms with E-state index in [0.717, 1.165) is 27.4 Å². The van der Waals surface area contributed by atoms with Crippen molar-refractivity contribution in [3.8, 4) is 0 Å². The van der Waals surface area contributed by atoms with Crippen LogP contribution < -0.4 is 10.6 Å². The lowest BCUT2D eigenvalue weighted by Crippen LogP contribution is -2.26. The van der Waals surface area contributed by atoms with Gasteiger partial charge in [-0.3, -0.25) is 9.59 Å². The molecule has 0 aliphatic heterocycles. The highest BCUT2D eigenvalue weighted by Gasteiger charge is 2.10. The maximum absolute atomic E-state index is 12.2. The molecule has 26 heavy (non-hydrogen) atoms. The zero-order valence-corrected chi connectivity index (χ0v) is 16.2. The van der Waals surface area contributed by atoms with Crippen LogP contribution in [0.1, 0.15) is 49.4 Å². The minimum Gasteiger partial charge on any atom is -0.350 e. The third-order valence-electron chi connectivity index (χ3n) is 4.27. The second kappa shape index (κ2) is 9.39. The zero-order chi connectivity index (χ0) is 19.1. The second-order valence-electron chi connectivity index (χ2n) is 6.40. The minimum atomic E-state index is -0.0972. The van der Waals surface area contributed by atoms with E-state index in [0.29, 0.717) is 19.3 Å². The third-order valence-corrected chi connectivity index (χ3v) is 4.68. The van der Waals surface area contributed by atoms with Gasteiger partial charge in [0.25, 0.3) is 0 Å². The Morgan fingerprint density at radius 2 is 1.77 bits per heavy atom. The number of carbonyl (C=O) groups excluding carboxylic acids is 2. The van der Waals surface area contributed by atoms with Crippen molar-refractivity contribution in [2.75, 3.05) is 5.32 Å². The number of halogens is 1. The summed E-state index contributed by atoms with van der Waals surface area (Å²) in [5.41, 5.74) is 3.84. The molecule has 0 aromatic heterocycles. The molecule has 0 aliphatic carbocycles. The molecule has 2 N–H and O–H groups in total. The van der Waals surface area contributed by atoms with Crippen molar-refractivity contribution >= 4 is 29.1 Å². The molecule has 1 unspecified atom stereocenters. The predicted molar refractivity (Wildman–Crippen MR) is 106 cm³/mol. The number of aryl methyl sites for hydroxylation is 2. The summed E-state index contributed by atoms with van der Waals surface area (Å²) in [6, 6.07) is 13.3. The van der Waals surface area contributed by atoms with Crippen LogP contribution in [0.25, 0.3) is 0 Å². The first kappa shape index (κ1) is 20.0. The molecule has 2 aromatic rings. The second-order valence-corrected chi connectivity index (χ2v) is 6.80. The smallest absolute Gasteiger partial charge is 0.224 e. The van der Waals surface area contributed by atoms with Crippen LogP contribution in [0.15, 0.2) is 42.5 Å². The van der Waals surface area contributed by atoms with Gasteiger partial charge < -0.3 is 10.6 Å². The summed E-state index contributed by atoms with van der Waals surface area (Å²) in [6.07, 6.45) is 1.51. The molecular weight excluding hydrogens is 348 g/mol. The number of amides is 2. The normalized spacial score (nSPS) is 11.7. The number of hydrogen-bond acceptors (Lipinski definition) is 2. The van der Waals surface area contributed by atoms with Gasteiger partial charge in [-0.15, -0.1) is 0 Å². The van der Waals surface area contributed by atoms with Gasteiger partial charge in [0, 0.05) is 23.6 Å². The first-order chi connectivity index (χ1) is 12.4. The molecule has 2 aromatic carbocycles. The largest absolute Gasteiger partial charge is 0.350 e. The number of anilines is 1. The lowest BCUT2D eigenvalue weighted by molar-refractivity contribution is -0.121. The van der Waals surface area contributed by atoms with Gasteiger partial charge in [0.05, 0.1) is 6.04 Å². The molecule has 1 atom stereocenters. The highest BCUT2D eigenvalue weighted by Crippen LogP contribution is 2.19. The summed E-state index contributed by atoms with van der Waals surface area (Å²) < 4.78 is 0. The zero-order valence-electron chi connectivity index (χ0n) is 15.4. The van der Waals surface area contributed by atoms with Crippen LogP contribution in [0, 0.1) is 6.92 Å². The minimum absolute atomic E-state index is 0.00226. The van der Waals surface area contributed by atoms with Gasteiger partial charge >= 0.3 is 0 Å². The summed E-state index contributed by atoms with van der Waals surface area (Å²) in [5, 5.41) is 6.54. The van der Waals surface area contributed by atoms with Gasteiger partial charge in [0.15, 0.2) is 0 Å². The molecule has 5 heteroatoms. The molecule has 138 valence electrons. The molecule has 0 aliphatic rings. The maximum atomic E-state index is 12.2. The van der Waals surface area contributed by atoms with Gasteiger partial charge in [-0.05, 0) is 55.2 Å². The number of carbonyl (C=O) groups is 2. The maximum Gasteiger partial charge on any atom is 0.224 e. The molecule has 0 bridgehead atoms. The molecule has 0 spiro atoms. The van der Waals surface area contributed by atoms with Crippen molar-refractivity contribution < 1.29 is 9.59 Å². The van der Waals surface area contributed by atoms with Gasteiger partial charge in [-0.1, -0.05) is 42.8 Å². The van der Waals surface area contributed by atoms with Crippen molar-refractivity contribution in [3.05, 3.63) is 64.2 Å². The molecule has 0 fully saturated rings. The number of hydrogen-bond donors (Lipinski definition) is 2. The lowest BCUT2D eigenvalue weighted by atomic mass is 10.1. The van der Waals surface area contributed by atoms with E-state index >= 15 is 0 Å². The highest BCUT2D eigenvalue weighted by atomic mass is 35.5. The fraction of sp³-hybridized carbons (Fsp3) is 0.333. The van der Waals surface area contributed by atoms with Crippen LogP contribution in [0.4, 0.5) is 5.69 Å². The van der Waals surface area contributed by atoms with Crippen molar-refractivity contribution in [1.29, 1.82) is 0 Å². The molecule has 0 saturated carbocycles. The van der Waals surface area contributed by atoms with Gasteiger partial charge in [-0.2, -0.15) is 0 Å². The van der Waals surface area contributed by atoms with Gasteiger partial charge in [0.1, 0.15) is 0 Å². The first-order valence-electron chi connectivity index (χ1n) is 8.83. The van der Waals surface area contributed by atoms with Gasteiger partial charge in [0.2, 0.25) is 11.8 Å². The Balaban J connectivity index is 1.86. The molecule has 0 saturated heterocycles. The highest BCUT2D eigenvalue weighted by molar-refractivity contribution is 6.31. The summed E-state index contributed by atoms with van der Waals surface area (Å²) in [7, 11) is 0. The van der Waals surface area contributed by atoms with E-state index in [1.165, 1.54) is 0 Å². The fourth-order valence-electron chi connectivity index (χ4n) is 2.55. The Labute approximate surface area is 159 Å². The number of nitrogens with one attached hydrogen (secondary N) is 2. The van der Waals surface area contributed by atoms with Crippen molar-refractivity contribution in [3.63, 3.8) is 0 Å². The number of benzene rings is 2. The van der Waals surface area contributed by atoms with E-state index in [-0.39, 0.29) is 17.9 Å². The van der Waals surface area contributed by atoms with E-state index in [1.807, 2.05) is 63.2 Å². The first-order valence-corrected chi connectivity index (χ1v) is 9.21. The molecule has 4 nitrogen and oxygen atoms in total. The monoisotopic (exact) mass is 372 g/mol. The van der Waals surface area contributed by atoms with Crippen molar-refractivity contribution in [2.24, 2.45) is 0 Å². The van der Waals surface area contributed by atoms with E-state index in [2.05, 4.69) is 10.6 Å². The molecule has 2 rings (SSSR count). The van der Waals surface area contributed by atoms with Crippen LogP contribution in [0.3, 0.4) is 0 Å². The van der Waals surface area contributed by atoms with E-state index in [4.69, 9.17) is 11.6 Å². The van der Waals surface area contributed by atoms with Crippen LogP contribution >= 0.6 is 11.6 Å². The van der Waals surface area contributed by atoms with E-state index < -0.39 is 0 Å². The van der Waals surface area contributed by atoms with Gasteiger partial charge in [-0.25, -0.2) is 0 Å².